The van der Waals surface area contributed by atoms with Gasteiger partial charge in [0.25, 0.3) is 5.56 Å². The van der Waals surface area contributed by atoms with E-state index < -0.39 is 11.2 Å². The van der Waals surface area contributed by atoms with Gasteiger partial charge in [-0.15, -0.1) is 6.58 Å². The highest BCUT2D eigenvalue weighted by Gasteiger charge is 2.24. The zero-order valence-electron chi connectivity index (χ0n) is 15.3. The Balaban J connectivity index is 1.70. The highest BCUT2D eigenvalue weighted by molar-refractivity contribution is 5.74. The Morgan fingerprint density at radius 1 is 1.11 bits per heavy atom. The van der Waals surface area contributed by atoms with Gasteiger partial charge in [-0.05, 0) is 12.1 Å². The van der Waals surface area contributed by atoms with Crippen LogP contribution in [0.15, 0.2) is 52.6 Å². The van der Waals surface area contributed by atoms with Crippen LogP contribution in [0.2, 0.25) is 0 Å². The van der Waals surface area contributed by atoms with Gasteiger partial charge in [0.15, 0.2) is 11.2 Å². The standard InChI is InChI=1S/C19H22N6O2/c1-3-9-25-15-16(22(2)19(27)21-17(15)26)20-18(25)24-12-10-23(11-13-24)14-7-5-4-6-8-14/h3-8H,1,9-13H2,2H3,(H,21,26,27). The first-order valence-corrected chi connectivity index (χ1v) is 8.95. The van der Waals surface area contributed by atoms with Crippen LogP contribution in [0.5, 0.6) is 0 Å². The molecule has 0 amide bonds. The van der Waals surface area contributed by atoms with Crippen molar-refractivity contribution in [3.8, 4) is 0 Å². The lowest BCUT2D eigenvalue weighted by Crippen LogP contribution is -2.47. The number of imidazole rings is 1. The lowest BCUT2D eigenvalue weighted by atomic mass is 10.2. The fourth-order valence-electron chi connectivity index (χ4n) is 3.57. The molecule has 1 fully saturated rings. The fraction of sp³-hybridized carbons (Fsp3) is 0.316. The van der Waals surface area contributed by atoms with Gasteiger partial charge in [-0.1, -0.05) is 24.3 Å². The van der Waals surface area contributed by atoms with Crippen LogP contribution in [0.4, 0.5) is 11.6 Å². The molecule has 1 aliphatic rings. The Kier molecular flexibility index (Phi) is 4.31. The van der Waals surface area contributed by atoms with E-state index in [-0.39, 0.29) is 0 Å². The van der Waals surface area contributed by atoms with Crippen LogP contribution >= 0.6 is 0 Å². The Hall–Kier alpha value is -3.29. The third-order valence-electron chi connectivity index (χ3n) is 4.98. The molecule has 0 radical (unpaired) electrons. The summed E-state index contributed by atoms with van der Waals surface area (Å²) in [6.45, 7) is 7.52. The number of hydrogen-bond donors (Lipinski definition) is 1. The van der Waals surface area contributed by atoms with Crippen molar-refractivity contribution in [2.24, 2.45) is 7.05 Å². The fourth-order valence-corrected chi connectivity index (χ4v) is 3.57. The second-order valence-electron chi connectivity index (χ2n) is 6.61. The van der Waals surface area contributed by atoms with Crippen LogP contribution in [-0.4, -0.2) is 45.3 Å². The molecular formula is C19H22N6O2. The predicted molar refractivity (Wildman–Crippen MR) is 107 cm³/mol. The van der Waals surface area contributed by atoms with Gasteiger partial charge in [0.05, 0.1) is 0 Å². The molecule has 8 heteroatoms. The maximum absolute atomic E-state index is 12.4. The maximum Gasteiger partial charge on any atom is 0.329 e. The van der Waals surface area contributed by atoms with Gasteiger partial charge in [-0.2, -0.15) is 4.98 Å². The minimum Gasteiger partial charge on any atom is -0.368 e. The average Bonchev–Trinajstić information content (AvgIpc) is 3.07. The van der Waals surface area contributed by atoms with Crippen LogP contribution in [0.1, 0.15) is 0 Å². The monoisotopic (exact) mass is 366 g/mol. The molecule has 0 unspecified atom stereocenters. The SMILES string of the molecule is C=CCn1c(N2CCN(c3ccccc3)CC2)nc2c1c(=O)[nH]c(=O)n2C. The average molecular weight is 366 g/mol. The summed E-state index contributed by atoms with van der Waals surface area (Å²) in [6.07, 6.45) is 1.73. The number of rotatable bonds is 4. The Bertz CT molecular complexity index is 1090. The van der Waals surface area contributed by atoms with E-state index in [9.17, 15) is 9.59 Å². The van der Waals surface area contributed by atoms with Crippen LogP contribution in [-0.2, 0) is 13.6 Å². The Morgan fingerprint density at radius 3 is 2.44 bits per heavy atom. The number of benzene rings is 1. The first-order valence-electron chi connectivity index (χ1n) is 8.95. The number of anilines is 2. The Morgan fingerprint density at radius 2 is 1.78 bits per heavy atom. The number of hydrogen-bond acceptors (Lipinski definition) is 5. The van der Waals surface area contributed by atoms with Gasteiger partial charge in [0.2, 0.25) is 5.95 Å². The van der Waals surface area contributed by atoms with Crippen molar-refractivity contribution in [2.45, 2.75) is 6.54 Å². The van der Waals surface area contributed by atoms with Crippen LogP contribution < -0.4 is 21.0 Å². The number of aromatic nitrogens is 4. The van der Waals surface area contributed by atoms with Crippen molar-refractivity contribution in [3.05, 3.63) is 63.8 Å². The molecule has 140 valence electrons. The summed E-state index contributed by atoms with van der Waals surface area (Å²) < 4.78 is 3.21. The predicted octanol–water partition coefficient (Wildman–Crippen LogP) is 0.936. The van der Waals surface area contributed by atoms with E-state index in [2.05, 4.69) is 38.5 Å². The van der Waals surface area contributed by atoms with E-state index in [0.29, 0.717) is 23.7 Å². The van der Waals surface area contributed by atoms with E-state index in [0.717, 1.165) is 26.2 Å². The second kappa shape index (κ2) is 6.79. The summed E-state index contributed by atoms with van der Waals surface area (Å²) in [7, 11) is 1.61. The molecule has 0 saturated carbocycles. The van der Waals surface area contributed by atoms with Crippen molar-refractivity contribution < 1.29 is 0 Å². The van der Waals surface area contributed by atoms with Crippen molar-refractivity contribution in [1.82, 2.24) is 19.1 Å². The third-order valence-corrected chi connectivity index (χ3v) is 4.98. The number of para-hydroxylation sites is 1. The number of piperazine rings is 1. The Labute approximate surface area is 156 Å². The first-order chi connectivity index (χ1) is 13.1. The molecular weight excluding hydrogens is 344 g/mol. The quantitative estimate of drug-likeness (QED) is 0.695. The molecule has 3 aromatic rings. The summed E-state index contributed by atoms with van der Waals surface area (Å²) >= 11 is 0. The van der Waals surface area contributed by atoms with E-state index >= 15 is 0 Å². The van der Waals surface area contributed by atoms with E-state index in [1.807, 2.05) is 22.8 Å². The maximum atomic E-state index is 12.4. The van der Waals surface area contributed by atoms with Crippen molar-refractivity contribution in [3.63, 3.8) is 0 Å². The molecule has 0 spiro atoms. The number of fused-ring (bicyclic) bond motifs is 1. The topological polar surface area (TPSA) is 79.2 Å². The van der Waals surface area contributed by atoms with Crippen LogP contribution in [0.3, 0.4) is 0 Å². The summed E-state index contributed by atoms with van der Waals surface area (Å²) in [5.41, 5.74) is 1.12. The lowest BCUT2D eigenvalue weighted by Gasteiger charge is -2.36. The molecule has 3 heterocycles. The van der Waals surface area contributed by atoms with E-state index in [1.54, 1.807) is 13.1 Å². The molecule has 1 saturated heterocycles. The first kappa shape index (κ1) is 17.1. The summed E-state index contributed by atoms with van der Waals surface area (Å²) in [6, 6.07) is 10.3. The second-order valence-corrected chi connectivity index (χ2v) is 6.61. The van der Waals surface area contributed by atoms with E-state index in [1.165, 1.54) is 10.3 Å². The molecule has 1 aliphatic heterocycles. The third kappa shape index (κ3) is 2.92. The molecule has 4 rings (SSSR count). The minimum atomic E-state index is -0.462. The van der Waals surface area contributed by atoms with Gasteiger partial charge in [0.1, 0.15) is 0 Å². The van der Waals surface area contributed by atoms with Crippen LogP contribution in [0, 0.1) is 0 Å². The van der Waals surface area contributed by atoms with Gasteiger partial charge >= 0.3 is 5.69 Å². The summed E-state index contributed by atoms with van der Waals surface area (Å²) in [4.78, 5) is 35.8. The number of aromatic amines is 1. The molecule has 0 bridgehead atoms. The van der Waals surface area contributed by atoms with Gasteiger partial charge in [-0.3, -0.25) is 14.3 Å². The zero-order valence-corrected chi connectivity index (χ0v) is 15.3. The molecule has 1 aromatic carbocycles. The van der Waals surface area contributed by atoms with Gasteiger partial charge in [-0.25, -0.2) is 4.79 Å². The molecule has 27 heavy (non-hydrogen) atoms. The molecule has 2 aromatic heterocycles. The molecule has 1 N–H and O–H groups in total. The number of nitrogens with zero attached hydrogens (tertiary/aromatic N) is 5. The normalized spacial score (nSPS) is 14.7. The number of allylic oxidation sites excluding steroid dienone is 1. The van der Waals surface area contributed by atoms with Crippen molar-refractivity contribution in [1.29, 1.82) is 0 Å². The lowest BCUT2D eigenvalue weighted by molar-refractivity contribution is 0.627. The highest BCUT2D eigenvalue weighted by atomic mass is 16.2. The smallest absolute Gasteiger partial charge is 0.329 e. The number of aryl methyl sites for hydroxylation is 1. The van der Waals surface area contributed by atoms with Crippen molar-refractivity contribution >= 4 is 22.8 Å². The summed E-state index contributed by atoms with van der Waals surface area (Å²) in [5.74, 6) is 0.698. The van der Waals surface area contributed by atoms with Gasteiger partial charge in [0, 0.05) is 45.5 Å². The highest BCUT2D eigenvalue weighted by Crippen LogP contribution is 2.22. The molecule has 0 aliphatic carbocycles. The molecule has 8 nitrogen and oxygen atoms in total. The molecule has 0 atom stereocenters. The zero-order chi connectivity index (χ0) is 19.0. The summed E-state index contributed by atoms with van der Waals surface area (Å²) in [5, 5.41) is 0. The largest absolute Gasteiger partial charge is 0.368 e. The van der Waals surface area contributed by atoms with E-state index in [4.69, 9.17) is 0 Å². The minimum absolute atomic E-state index is 0.395. The van der Waals surface area contributed by atoms with Gasteiger partial charge < -0.3 is 14.4 Å². The number of H-pyrrole nitrogens is 1. The van der Waals surface area contributed by atoms with Crippen LogP contribution in [0.25, 0.3) is 11.2 Å². The van der Waals surface area contributed by atoms with Crippen molar-refractivity contribution in [2.75, 3.05) is 36.0 Å². The number of nitrogens with one attached hydrogen (secondary N) is 1.